The fourth-order valence-corrected chi connectivity index (χ4v) is 2.56. The summed E-state index contributed by atoms with van der Waals surface area (Å²) in [6.07, 6.45) is 4.00. The van der Waals surface area contributed by atoms with Crippen LogP contribution in [0.25, 0.3) is 0 Å². The molecule has 0 fully saturated rings. The summed E-state index contributed by atoms with van der Waals surface area (Å²) >= 11 is 0. The number of para-hydroxylation sites is 1. The van der Waals surface area contributed by atoms with Crippen LogP contribution in [-0.4, -0.2) is 29.6 Å². The molecule has 1 aliphatic heterocycles. The molecular formula is C17H19N3O3. The molecule has 1 amide bonds. The van der Waals surface area contributed by atoms with Gasteiger partial charge in [0.2, 0.25) is 5.91 Å². The lowest BCUT2D eigenvalue weighted by atomic mass is 9.95. The lowest BCUT2D eigenvalue weighted by Gasteiger charge is -2.25. The molecule has 120 valence electrons. The molecule has 3 rings (SSSR count). The van der Waals surface area contributed by atoms with Crippen LogP contribution in [0.4, 0.5) is 0 Å². The number of carbonyl (C=O) groups is 1. The van der Waals surface area contributed by atoms with Crippen molar-refractivity contribution in [1.82, 2.24) is 15.3 Å². The van der Waals surface area contributed by atoms with Crippen molar-refractivity contribution in [3.63, 3.8) is 0 Å². The molecule has 1 aromatic carbocycles. The number of hydrogen-bond acceptors (Lipinski definition) is 5. The van der Waals surface area contributed by atoms with Crippen LogP contribution in [0.3, 0.4) is 0 Å². The van der Waals surface area contributed by atoms with Crippen LogP contribution >= 0.6 is 0 Å². The lowest BCUT2D eigenvalue weighted by Crippen LogP contribution is -2.37. The highest BCUT2D eigenvalue weighted by atomic mass is 16.5. The van der Waals surface area contributed by atoms with Crippen molar-refractivity contribution in [3.05, 3.63) is 47.5 Å². The Bertz CT molecular complexity index is 701. The zero-order chi connectivity index (χ0) is 16.2. The van der Waals surface area contributed by atoms with Crippen LogP contribution in [0.1, 0.15) is 17.0 Å². The van der Waals surface area contributed by atoms with E-state index in [4.69, 9.17) is 9.47 Å². The molecule has 0 bridgehead atoms. The number of benzene rings is 1. The number of rotatable bonds is 4. The molecule has 0 radical (unpaired) electrons. The second-order valence-electron chi connectivity index (χ2n) is 5.53. The maximum absolute atomic E-state index is 12.3. The van der Waals surface area contributed by atoms with Gasteiger partial charge in [-0.15, -0.1) is 0 Å². The summed E-state index contributed by atoms with van der Waals surface area (Å²) in [5.41, 5.74) is 2.58. The molecule has 0 aliphatic carbocycles. The number of fused-ring (bicyclic) bond motifs is 1. The van der Waals surface area contributed by atoms with Gasteiger partial charge >= 0.3 is 0 Å². The number of ether oxygens (including phenoxy) is 2. The van der Waals surface area contributed by atoms with E-state index in [1.54, 1.807) is 19.5 Å². The summed E-state index contributed by atoms with van der Waals surface area (Å²) in [7, 11) is 1.61. The average Bonchev–Trinajstić information content (AvgIpc) is 2.60. The molecule has 2 heterocycles. The first-order chi connectivity index (χ1) is 11.2. The molecule has 6 heteroatoms. The van der Waals surface area contributed by atoms with Gasteiger partial charge in [-0.1, -0.05) is 12.1 Å². The molecule has 1 N–H and O–H groups in total. The molecule has 1 aliphatic rings. The SMILES string of the molecule is COc1cccc2c1OC[C@H](C(=O)NCc1cnc(C)cn1)C2. The lowest BCUT2D eigenvalue weighted by molar-refractivity contribution is -0.126. The van der Waals surface area contributed by atoms with Gasteiger partial charge in [-0.25, -0.2) is 0 Å². The van der Waals surface area contributed by atoms with Gasteiger partial charge < -0.3 is 14.8 Å². The third-order valence-electron chi connectivity index (χ3n) is 3.82. The molecule has 1 atom stereocenters. The van der Waals surface area contributed by atoms with Crippen molar-refractivity contribution < 1.29 is 14.3 Å². The molecule has 6 nitrogen and oxygen atoms in total. The Hall–Kier alpha value is -2.63. The van der Waals surface area contributed by atoms with Gasteiger partial charge in [-0.2, -0.15) is 0 Å². The monoisotopic (exact) mass is 313 g/mol. The molecule has 1 aromatic heterocycles. The van der Waals surface area contributed by atoms with E-state index < -0.39 is 0 Å². The van der Waals surface area contributed by atoms with Crippen LogP contribution < -0.4 is 14.8 Å². The minimum atomic E-state index is -0.215. The number of nitrogens with one attached hydrogen (secondary N) is 1. The smallest absolute Gasteiger partial charge is 0.227 e. The van der Waals surface area contributed by atoms with E-state index in [0.29, 0.717) is 25.3 Å². The van der Waals surface area contributed by atoms with E-state index in [2.05, 4.69) is 15.3 Å². The molecule has 23 heavy (non-hydrogen) atoms. The molecular weight excluding hydrogens is 294 g/mol. The molecule has 0 saturated heterocycles. The number of hydrogen-bond donors (Lipinski definition) is 1. The van der Waals surface area contributed by atoms with Crippen molar-refractivity contribution in [2.45, 2.75) is 19.9 Å². The first-order valence-electron chi connectivity index (χ1n) is 7.51. The maximum Gasteiger partial charge on any atom is 0.227 e. The summed E-state index contributed by atoms with van der Waals surface area (Å²) in [4.78, 5) is 20.7. The van der Waals surface area contributed by atoms with Gasteiger partial charge in [-0.05, 0) is 25.0 Å². The fourth-order valence-electron chi connectivity index (χ4n) is 2.56. The number of methoxy groups -OCH3 is 1. The highest BCUT2D eigenvalue weighted by Gasteiger charge is 2.27. The first kappa shape index (κ1) is 15.3. The second kappa shape index (κ2) is 6.64. The number of amides is 1. The topological polar surface area (TPSA) is 73.3 Å². The number of aromatic nitrogens is 2. The molecule has 2 aromatic rings. The Kier molecular flexibility index (Phi) is 4.41. The van der Waals surface area contributed by atoms with Gasteiger partial charge in [0, 0.05) is 6.20 Å². The normalized spacial score (nSPS) is 16.2. The van der Waals surface area contributed by atoms with E-state index in [1.165, 1.54) is 0 Å². The maximum atomic E-state index is 12.3. The number of aryl methyl sites for hydroxylation is 1. The minimum absolute atomic E-state index is 0.0409. The van der Waals surface area contributed by atoms with Crippen LogP contribution in [0.2, 0.25) is 0 Å². The predicted octanol–water partition coefficient (Wildman–Crippen LogP) is 1.66. The average molecular weight is 313 g/mol. The zero-order valence-corrected chi connectivity index (χ0v) is 13.2. The van der Waals surface area contributed by atoms with E-state index in [0.717, 1.165) is 22.7 Å². The van der Waals surface area contributed by atoms with E-state index in [-0.39, 0.29) is 11.8 Å². The van der Waals surface area contributed by atoms with E-state index >= 15 is 0 Å². The van der Waals surface area contributed by atoms with Gasteiger partial charge in [0.25, 0.3) is 0 Å². The third kappa shape index (κ3) is 3.41. The second-order valence-corrected chi connectivity index (χ2v) is 5.53. The number of nitrogens with zero attached hydrogens (tertiary/aromatic N) is 2. The Morgan fingerprint density at radius 1 is 1.39 bits per heavy atom. The Morgan fingerprint density at radius 3 is 3.00 bits per heavy atom. The van der Waals surface area contributed by atoms with Crippen molar-refractivity contribution in [1.29, 1.82) is 0 Å². The van der Waals surface area contributed by atoms with Gasteiger partial charge in [0.05, 0.1) is 37.2 Å². The highest BCUT2D eigenvalue weighted by molar-refractivity contribution is 5.79. The van der Waals surface area contributed by atoms with Crippen LogP contribution in [0.5, 0.6) is 11.5 Å². The largest absolute Gasteiger partial charge is 0.493 e. The van der Waals surface area contributed by atoms with Crippen LogP contribution in [0.15, 0.2) is 30.6 Å². The van der Waals surface area contributed by atoms with Crippen LogP contribution in [-0.2, 0) is 17.8 Å². The predicted molar refractivity (Wildman–Crippen MR) is 84.3 cm³/mol. The standard InChI is InChI=1S/C17H19N3O3/c1-11-7-19-14(8-18-11)9-20-17(21)13-6-12-4-3-5-15(22-2)16(12)23-10-13/h3-5,7-8,13H,6,9-10H2,1-2H3,(H,20,21)/t13-/m1/s1. The summed E-state index contributed by atoms with van der Waals surface area (Å²) in [5, 5.41) is 2.89. The molecule has 0 saturated carbocycles. The Balaban J connectivity index is 1.61. The van der Waals surface area contributed by atoms with Gasteiger partial charge in [0.1, 0.15) is 6.61 Å². The van der Waals surface area contributed by atoms with Crippen molar-refractivity contribution in [2.24, 2.45) is 5.92 Å². The van der Waals surface area contributed by atoms with Crippen LogP contribution in [0, 0.1) is 12.8 Å². The minimum Gasteiger partial charge on any atom is -0.493 e. The first-order valence-corrected chi connectivity index (χ1v) is 7.51. The van der Waals surface area contributed by atoms with Gasteiger partial charge in [0.15, 0.2) is 11.5 Å². The van der Waals surface area contributed by atoms with E-state index in [9.17, 15) is 4.79 Å². The third-order valence-corrected chi connectivity index (χ3v) is 3.82. The summed E-state index contributed by atoms with van der Waals surface area (Å²) < 4.78 is 11.0. The quantitative estimate of drug-likeness (QED) is 0.929. The zero-order valence-electron chi connectivity index (χ0n) is 13.2. The summed E-state index contributed by atoms with van der Waals surface area (Å²) in [6, 6.07) is 5.72. The Labute approximate surface area is 134 Å². The van der Waals surface area contributed by atoms with Gasteiger partial charge in [-0.3, -0.25) is 14.8 Å². The Morgan fingerprint density at radius 2 is 2.26 bits per heavy atom. The van der Waals surface area contributed by atoms with Crippen molar-refractivity contribution in [2.75, 3.05) is 13.7 Å². The van der Waals surface area contributed by atoms with Crippen molar-refractivity contribution >= 4 is 5.91 Å². The summed E-state index contributed by atoms with van der Waals surface area (Å²) in [6.45, 7) is 2.59. The van der Waals surface area contributed by atoms with Crippen molar-refractivity contribution in [3.8, 4) is 11.5 Å². The molecule has 0 spiro atoms. The fraction of sp³-hybridized carbons (Fsp3) is 0.353. The molecule has 0 unspecified atom stereocenters. The highest BCUT2D eigenvalue weighted by Crippen LogP contribution is 2.35. The number of carbonyl (C=O) groups excluding carboxylic acids is 1. The van der Waals surface area contributed by atoms with E-state index in [1.807, 2.05) is 25.1 Å². The summed E-state index contributed by atoms with van der Waals surface area (Å²) in [5.74, 6) is 1.19.